The SMILES string of the molecule is CCCCCCCCCCCCCCCCCC[PH]1(O)OCCO1. The van der Waals surface area contributed by atoms with Crippen LogP contribution in [-0.4, -0.2) is 24.3 Å². The molecular formula is C20H43O3P. The maximum absolute atomic E-state index is 10.0. The second-order valence-corrected chi connectivity index (χ2v) is 9.97. The van der Waals surface area contributed by atoms with Crippen molar-refractivity contribution in [2.45, 2.75) is 110 Å². The summed E-state index contributed by atoms with van der Waals surface area (Å²) in [6, 6.07) is 0. The van der Waals surface area contributed by atoms with Gasteiger partial charge in [0.15, 0.2) is 0 Å². The van der Waals surface area contributed by atoms with Crippen LogP contribution in [0.2, 0.25) is 0 Å². The van der Waals surface area contributed by atoms with E-state index in [1.165, 1.54) is 96.3 Å². The fourth-order valence-electron chi connectivity index (χ4n) is 3.48. The van der Waals surface area contributed by atoms with Gasteiger partial charge in [0.05, 0.1) is 0 Å². The second-order valence-electron chi connectivity index (χ2n) is 7.46. The van der Waals surface area contributed by atoms with E-state index in [-0.39, 0.29) is 0 Å². The molecule has 0 atom stereocenters. The Kier molecular flexibility index (Phi) is 14.5. The summed E-state index contributed by atoms with van der Waals surface area (Å²) in [7, 11) is -2.69. The van der Waals surface area contributed by atoms with Crippen molar-refractivity contribution in [2.75, 3.05) is 19.4 Å². The van der Waals surface area contributed by atoms with Gasteiger partial charge in [0.1, 0.15) is 0 Å². The third-order valence-corrected chi connectivity index (χ3v) is 7.38. The van der Waals surface area contributed by atoms with Gasteiger partial charge in [0.25, 0.3) is 0 Å². The quantitative estimate of drug-likeness (QED) is 0.229. The summed E-state index contributed by atoms with van der Waals surface area (Å²) >= 11 is 0. The molecule has 1 N–H and O–H groups in total. The molecule has 1 aliphatic heterocycles. The van der Waals surface area contributed by atoms with Crippen LogP contribution in [0.1, 0.15) is 110 Å². The standard InChI is InChI=1S/C20H43O3P/c1-2-3-4-5-6-7-8-9-10-11-12-13-14-15-16-17-20-24(21)22-18-19-23-24/h21,24H,2-20H2,1H3. The zero-order valence-corrected chi connectivity index (χ0v) is 17.2. The van der Waals surface area contributed by atoms with Gasteiger partial charge < -0.3 is 0 Å². The monoisotopic (exact) mass is 362 g/mol. The number of hydrogen-bond acceptors (Lipinski definition) is 3. The molecule has 0 spiro atoms. The van der Waals surface area contributed by atoms with Crippen molar-refractivity contribution in [3.63, 3.8) is 0 Å². The fourth-order valence-corrected chi connectivity index (χ4v) is 5.36. The van der Waals surface area contributed by atoms with Gasteiger partial charge in [-0.1, -0.05) is 39.0 Å². The Morgan fingerprint density at radius 2 is 0.917 bits per heavy atom. The first-order valence-electron chi connectivity index (χ1n) is 10.8. The van der Waals surface area contributed by atoms with Crippen molar-refractivity contribution in [1.29, 1.82) is 0 Å². The van der Waals surface area contributed by atoms with Crippen molar-refractivity contribution >= 4 is 7.94 Å². The molecule has 0 bridgehead atoms. The first kappa shape index (κ1) is 22.4. The minimum atomic E-state index is -2.69. The zero-order valence-electron chi connectivity index (χ0n) is 16.2. The molecule has 0 amide bonds. The number of unbranched alkanes of at least 4 members (excludes halogenated alkanes) is 15. The molecule has 146 valence electrons. The molecule has 0 aliphatic carbocycles. The molecule has 0 unspecified atom stereocenters. The molecule has 1 saturated heterocycles. The van der Waals surface area contributed by atoms with Gasteiger partial charge in [-0.3, -0.25) is 0 Å². The Morgan fingerprint density at radius 3 is 1.29 bits per heavy atom. The first-order valence-corrected chi connectivity index (χ1v) is 12.7. The molecule has 0 saturated carbocycles. The molecule has 4 heteroatoms. The summed E-state index contributed by atoms with van der Waals surface area (Å²) < 4.78 is 10.7. The molecule has 0 aromatic heterocycles. The van der Waals surface area contributed by atoms with Crippen LogP contribution < -0.4 is 0 Å². The van der Waals surface area contributed by atoms with Gasteiger partial charge in [0.2, 0.25) is 0 Å². The van der Waals surface area contributed by atoms with Crippen molar-refractivity contribution in [1.82, 2.24) is 0 Å². The average Bonchev–Trinajstić information content (AvgIpc) is 3.01. The van der Waals surface area contributed by atoms with Crippen molar-refractivity contribution in [2.24, 2.45) is 0 Å². The van der Waals surface area contributed by atoms with E-state index in [1.807, 2.05) is 0 Å². The Balaban J connectivity index is 1.69. The normalized spacial score (nSPS) is 18.1. The summed E-state index contributed by atoms with van der Waals surface area (Å²) in [4.78, 5) is 10.0. The topological polar surface area (TPSA) is 38.7 Å². The molecule has 0 aromatic rings. The minimum absolute atomic E-state index is 0.585. The number of hydrogen-bond donors (Lipinski definition) is 1. The van der Waals surface area contributed by atoms with Gasteiger partial charge in [0, 0.05) is 0 Å². The van der Waals surface area contributed by atoms with Crippen LogP contribution in [0.15, 0.2) is 0 Å². The molecule has 24 heavy (non-hydrogen) atoms. The van der Waals surface area contributed by atoms with E-state index in [0.29, 0.717) is 13.2 Å². The van der Waals surface area contributed by atoms with E-state index in [4.69, 9.17) is 9.05 Å². The van der Waals surface area contributed by atoms with Crippen molar-refractivity contribution < 1.29 is 13.9 Å². The van der Waals surface area contributed by atoms with Crippen LogP contribution in [-0.2, 0) is 9.05 Å². The van der Waals surface area contributed by atoms with Crippen LogP contribution in [0, 0.1) is 0 Å². The van der Waals surface area contributed by atoms with Crippen molar-refractivity contribution in [3.05, 3.63) is 0 Å². The summed E-state index contributed by atoms with van der Waals surface area (Å²) in [5.41, 5.74) is 0. The molecule has 1 aliphatic rings. The Labute approximate surface area is 151 Å². The van der Waals surface area contributed by atoms with E-state index in [0.717, 1.165) is 12.6 Å². The fraction of sp³-hybridized carbons (Fsp3) is 1.00. The van der Waals surface area contributed by atoms with Crippen LogP contribution in [0.25, 0.3) is 0 Å². The van der Waals surface area contributed by atoms with E-state index >= 15 is 0 Å². The van der Waals surface area contributed by atoms with E-state index in [1.54, 1.807) is 0 Å². The molecule has 3 nitrogen and oxygen atoms in total. The molecular weight excluding hydrogens is 319 g/mol. The van der Waals surface area contributed by atoms with E-state index < -0.39 is 7.94 Å². The van der Waals surface area contributed by atoms with Gasteiger partial charge in [-0.05, 0) is 0 Å². The zero-order chi connectivity index (χ0) is 17.3. The molecule has 1 fully saturated rings. The maximum atomic E-state index is 10.0. The molecule has 1 heterocycles. The Morgan fingerprint density at radius 1 is 0.583 bits per heavy atom. The molecule has 0 aromatic carbocycles. The van der Waals surface area contributed by atoms with Crippen molar-refractivity contribution in [3.8, 4) is 0 Å². The second kappa shape index (κ2) is 15.6. The predicted octanol–water partition coefficient (Wildman–Crippen LogP) is 6.78. The molecule has 1 rings (SSSR count). The van der Waals surface area contributed by atoms with Crippen LogP contribution in [0.3, 0.4) is 0 Å². The van der Waals surface area contributed by atoms with Crippen LogP contribution in [0.5, 0.6) is 0 Å². The first-order chi connectivity index (χ1) is 11.8. The Bertz CT molecular complexity index is 268. The average molecular weight is 363 g/mol. The van der Waals surface area contributed by atoms with Gasteiger partial charge >= 0.3 is 112 Å². The van der Waals surface area contributed by atoms with Gasteiger partial charge in [-0.2, -0.15) is 0 Å². The number of rotatable bonds is 17. The summed E-state index contributed by atoms with van der Waals surface area (Å²) in [6.07, 6.45) is 22.8. The van der Waals surface area contributed by atoms with Gasteiger partial charge in [-0.15, -0.1) is 0 Å². The predicted molar refractivity (Wildman–Crippen MR) is 107 cm³/mol. The Hall–Kier alpha value is 0.310. The van der Waals surface area contributed by atoms with Crippen LogP contribution >= 0.6 is 7.94 Å². The van der Waals surface area contributed by atoms with Gasteiger partial charge in [-0.25, -0.2) is 0 Å². The van der Waals surface area contributed by atoms with Crippen LogP contribution in [0.4, 0.5) is 0 Å². The summed E-state index contributed by atoms with van der Waals surface area (Å²) in [5, 5.41) is 0. The summed E-state index contributed by atoms with van der Waals surface area (Å²) in [5.74, 6) is 0. The summed E-state index contributed by atoms with van der Waals surface area (Å²) in [6.45, 7) is 3.45. The third kappa shape index (κ3) is 12.6. The van der Waals surface area contributed by atoms with E-state index in [2.05, 4.69) is 6.92 Å². The third-order valence-electron chi connectivity index (χ3n) is 5.08. The molecule has 0 radical (unpaired) electrons. The van der Waals surface area contributed by atoms with E-state index in [9.17, 15) is 4.89 Å².